The number of hydrogen-bond donors (Lipinski definition) is 4. The molecule has 0 saturated heterocycles. The van der Waals surface area contributed by atoms with Crippen molar-refractivity contribution in [1.29, 1.82) is 0 Å². The van der Waals surface area contributed by atoms with Gasteiger partial charge in [0.05, 0.1) is 17.1 Å². The van der Waals surface area contributed by atoms with Gasteiger partial charge >= 0.3 is 11.7 Å². The van der Waals surface area contributed by atoms with E-state index < -0.39 is 6.03 Å². The maximum atomic E-state index is 13.3. The number of rotatable bonds is 5. The van der Waals surface area contributed by atoms with E-state index in [-0.39, 0.29) is 11.1 Å². The fraction of sp³-hybridized carbons (Fsp3) is 0.161. The SMILES string of the molecule is Cc1ccc(-n2nc(C(C)(C)C)cc2NC(=O)Nc2ccc(Oc3ccnc4[nH]c(=O)[nH]c34)c3ccccc23)cc1. The summed E-state index contributed by atoms with van der Waals surface area (Å²) in [5.74, 6) is 1.58. The Morgan fingerprint density at radius 1 is 0.902 bits per heavy atom. The van der Waals surface area contributed by atoms with E-state index in [4.69, 9.17) is 9.84 Å². The predicted molar refractivity (Wildman–Crippen MR) is 160 cm³/mol. The van der Waals surface area contributed by atoms with Crippen LogP contribution >= 0.6 is 0 Å². The first-order chi connectivity index (χ1) is 19.7. The second kappa shape index (κ2) is 9.98. The van der Waals surface area contributed by atoms with E-state index in [1.807, 2.05) is 61.5 Å². The Morgan fingerprint density at radius 3 is 2.41 bits per heavy atom. The van der Waals surface area contributed by atoms with Gasteiger partial charge in [-0.1, -0.05) is 62.7 Å². The lowest BCUT2D eigenvalue weighted by atomic mass is 9.92. The number of H-pyrrole nitrogens is 2. The molecular formula is C31H29N7O3. The molecule has 41 heavy (non-hydrogen) atoms. The minimum Gasteiger partial charge on any atom is -0.454 e. The lowest BCUT2D eigenvalue weighted by Crippen LogP contribution is -2.21. The average molecular weight is 548 g/mol. The monoisotopic (exact) mass is 547 g/mol. The first-order valence-electron chi connectivity index (χ1n) is 13.2. The molecule has 6 aromatic rings. The number of anilines is 2. The topological polar surface area (TPSA) is 130 Å². The summed E-state index contributed by atoms with van der Waals surface area (Å²) in [6, 6.07) is 22.3. The number of fused-ring (bicyclic) bond motifs is 2. The summed E-state index contributed by atoms with van der Waals surface area (Å²) >= 11 is 0. The summed E-state index contributed by atoms with van der Waals surface area (Å²) in [4.78, 5) is 34.6. The zero-order valence-corrected chi connectivity index (χ0v) is 23.1. The Kier molecular flexibility index (Phi) is 6.30. The third kappa shape index (κ3) is 5.14. The van der Waals surface area contributed by atoms with Crippen molar-refractivity contribution < 1.29 is 9.53 Å². The number of aryl methyl sites for hydroxylation is 1. The Labute approximate surface area is 235 Å². The van der Waals surface area contributed by atoms with E-state index in [0.29, 0.717) is 34.2 Å². The third-order valence-corrected chi connectivity index (χ3v) is 6.73. The first kappa shape index (κ1) is 25.9. The van der Waals surface area contributed by atoms with Gasteiger partial charge in [0, 0.05) is 34.5 Å². The molecule has 0 spiro atoms. The van der Waals surface area contributed by atoms with Crippen LogP contribution in [-0.4, -0.2) is 30.8 Å². The number of imidazole rings is 1. The lowest BCUT2D eigenvalue weighted by molar-refractivity contribution is 0.262. The number of urea groups is 1. The third-order valence-electron chi connectivity index (χ3n) is 6.73. The summed E-state index contributed by atoms with van der Waals surface area (Å²) in [6.07, 6.45) is 1.57. The van der Waals surface area contributed by atoms with Crippen LogP contribution in [0.4, 0.5) is 16.3 Å². The van der Waals surface area contributed by atoms with E-state index >= 15 is 0 Å². The Balaban J connectivity index is 1.30. The van der Waals surface area contributed by atoms with E-state index in [2.05, 4.69) is 46.4 Å². The normalized spacial score (nSPS) is 11.6. The Bertz CT molecular complexity index is 1960. The summed E-state index contributed by atoms with van der Waals surface area (Å²) in [5, 5.41) is 12.3. The van der Waals surface area contributed by atoms with Crippen LogP contribution < -0.4 is 21.1 Å². The number of amides is 2. The maximum absolute atomic E-state index is 13.3. The number of ether oxygens (including phenoxy) is 1. The van der Waals surface area contributed by atoms with Crippen LogP contribution in [0, 0.1) is 6.92 Å². The van der Waals surface area contributed by atoms with Crippen LogP contribution in [0.15, 0.2) is 83.8 Å². The molecule has 0 aliphatic carbocycles. The highest BCUT2D eigenvalue weighted by molar-refractivity contribution is 6.07. The van der Waals surface area contributed by atoms with Crippen molar-refractivity contribution in [2.24, 2.45) is 0 Å². The van der Waals surface area contributed by atoms with Gasteiger partial charge in [-0.2, -0.15) is 5.10 Å². The van der Waals surface area contributed by atoms with Gasteiger partial charge in [-0.3, -0.25) is 10.3 Å². The van der Waals surface area contributed by atoms with E-state index in [9.17, 15) is 9.59 Å². The number of pyridine rings is 1. The molecule has 0 radical (unpaired) electrons. The molecule has 0 bridgehead atoms. The van der Waals surface area contributed by atoms with Crippen LogP contribution in [0.25, 0.3) is 27.6 Å². The number of nitrogens with zero attached hydrogens (tertiary/aromatic N) is 3. The number of aromatic nitrogens is 5. The molecule has 0 unspecified atom stereocenters. The van der Waals surface area contributed by atoms with Gasteiger partial charge in [-0.25, -0.2) is 19.3 Å². The molecule has 2 amide bonds. The van der Waals surface area contributed by atoms with Crippen molar-refractivity contribution >= 4 is 39.5 Å². The maximum Gasteiger partial charge on any atom is 0.325 e. The van der Waals surface area contributed by atoms with E-state index in [0.717, 1.165) is 27.7 Å². The molecular weight excluding hydrogens is 518 g/mol. The smallest absolute Gasteiger partial charge is 0.325 e. The average Bonchev–Trinajstić information content (AvgIpc) is 3.54. The lowest BCUT2D eigenvalue weighted by Gasteiger charge is -2.14. The largest absolute Gasteiger partial charge is 0.454 e. The molecule has 0 saturated carbocycles. The highest BCUT2D eigenvalue weighted by Gasteiger charge is 2.22. The second-order valence-corrected chi connectivity index (χ2v) is 10.9. The summed E-state index contributed by atoms with van der Waals surface area (Å²) in [5.41, 5.74) is 3.77. The molecule has 0 fully saturated rings. The van der Waals surface area contributed by atoms with Crippen LogP contribution in [-0.2, 0) is 5.41 Å². The predicted octanol–water partition coefficient (Wildman–Crippen LogP) is 6.63. The Hall–Kier alpha value is -5.38. The highest BCUT2D eigenvalue weighted by Crippen LogP contribution is 2.36. The van der Waals surface area contributed by atoms with Crippen molar-refractivity contribution in [1.82, 2.24) is 24.7 Å². The Morgan fingerprint density at radius 2 is 1.66 bits per heavy atom. The highest BCUT2D eigenvalue weighted by atomic mass is 16.5. The number of carbonyl (C=O) groups excluding carboxylic acids is 1. The van der Waals surface area contributed by atoms with Crippen molar-refractivity contribution in [2.75, 3.05) is 10.6 Å². The van der Waals surface area contributed by atoms with Crippen LogP contribution in [0.2, 0.25) is 0 Å². The van der Waals surface area contributed by atoms with Crippen LogP contribution in [0.5, 0.6) is 11.5 Å². The molecule has 0 aliphatic heterocycles. The fourth-order valence-corrected chi connectivity index (χ4v) is 4.57. The number of aromatic amines is 2. The molecule has 0 atom stereocenters. The minimum atomic E-state index is -0.404. The molecule has 6 rings (SSSR count). The van der Waals surface area contributed by atoms with Crippen molar-refractivity contribution in [2.45, 2.75) is 33.1 Å². The molecule has 0 aliphatic rings. The van der Waals surface area contributed by atoms with Gasteiger partial charge in [0.15, 0.2) is 11.4 Å². The molecule has 3 aromatic carbocycles. The molecule has 10 nitrogen and oxygen atoms in total. The number of hydrogen-bond acceptors (Lipinski definition) is 5. The second-order valence-electron chi connectivity index (χ2n) is 10.9. The van der Waals surface area contributed by atoms with Gasteiger partial charge in [-0.15, -0.1) is 0 Å². The first-order valence-corrected chi connectivity index (χ1v) is 13.2. The zero-order valence-electron chi connectivity index (χ0n) is 23.1. The van der Waals surface area contributed by atoms with Crippen LogP contribution in [0.3, 0.4) is 0 Å². The molecule has 206 valence electrons. The fourth-order valence-electron chi connectivity index (χ4n) is 4.57. The molecule has 10 heteroatoms. The summed E-state index contributed by atoms with van der Waals surface area (Å²) in [6.45, 7) is 8.27. The molecule has 3 heterocycles. The number of carbonyl (C=O) groups is 1. The van der Waals surface area contributed by atoms with Crippen molar-refractivity contribution in [3.05, 3.63) is 101 Å². The zero-order chi connectivity index (χ0) is 28.7. The summed E-state index contributed by atoms with van der Waals surface area (Å²) < 4.78 is 7.96. The number of nitrogens with one attached hydrogen (secondary N) is 4. The molecule has 4 N–H and O–H groups in total. The number of benzene rings is 3. The van der Waals surface area contributed by atoms with Gasteiger partial charge in [0.25, 0.3) is 0 Å². The van der Waals surface area contributed by atoms with E-state index in [1.165, 1.54) is 0 Å². The molecule has 3 aromatic heterocycles. The van der Waals surface area contributed by atoms with Crippen molar-refractivity contribution in [3.8, 4) is 17.2 Å². The van der Waals surface area contributed by atoms with E-state index in [1.54, 1.807) is 29.1 Å². The van der Waals surface area contributed by atoms with Gasteiger partial charge in [-0.05, 0) is 31.2 Å². The summed E-state index contributed by atoms with van der Waals surface area (Å²) in [7, 11) is 0. The van der Waals surface area contributed by atoms with Crippen LogP contribution in [0.1, 0.15) is 32.0 Å². The van der Waals surface area contributed by atoms with Crippen molar-refractivity contribution in [3.63, 3.8) is 0 Å². The quantitative estimate of drug-likeness (QED) is 0.192. The minimum absolute atomic E-state index is 0.206. The van der Waals surface area contributed by atoms with Gasteiger partial charge < -0.3 is 15.0 Å². The standard InChI is InChI=1S/C31H29N7O3/c1-18-9-11-19(12-10-18)38-26(17-25(37-38)31(2,3)4)34-29(39)33-22-13-14-23(21-8-6-5-7-20(21)22)41-24-15-16-32-28-27(24)35-30(40)36-28/h5-17H,1-4H3,(H2,33,34,39)(H2,32,35,36,40). The van der Waals surface area contributed by atoms with Gasteiger partial charge in [0.1, 0.15) is 17.1 Å². The van der Waals surface area contributed by atoms with Gasteiger partial charge in [0.2, 0.25) is 0 Å².